The summed E-state index contributed by atoms with van der Waals surface area (Å²) in [4.78, 5) is 41.2. The number of rotatable bonds is 3. The van der Waals surface area contributed by atoms with Crippen molar-refractivity contribution in [3.05, 3.63) is 34.8 Å². The van der Waals surface area contributed by atoms with Crippen LogP contribution in [0, 0.1) is 0 Å². The zero-order valence-corrected chi connectivity index (χ0v) is 20.4. The number of nitrogens with zero attached hydrogens (tertiary/aromatic N) is 4. The number of ether oxygens (including phenoxy) is 1. The maximum absolute atomic E-state index is 12.1. The number of nitrogens with one attached hydrogen (secondary N) is 1. The number of thiazole rings is 1. The standard InChI is InChI=1S/C16H21N5O2S.2C2HF3O2/c1-17-14(22)12-10-21-8-4-19-15(21)16(23-12)2-6-20(7-3-16)11-13-18-5-9-24-13;2*3-2(4,5)1(6)7/h4-5,8-9,12H,2-3,6-7,10-11H2,1H3,(H,17,22);2*(H,6,7). The number of fused-ring (bicyclic) bond motifs is 2. The second-order valence-electron chi connectivity index (χ2n) is 7.93. The van der Waals surface area contributed by atoms with Gasteiger partial charge in [-0.25, -0.2) is 19.6 Å². The van der Waals surface area contributed by atoms with Crippen molar-refractivity contribution in [1.29, 1.82) is 0 Å². The molecular formula is C20H23F6N5O6S. The van der Waals surface area contributed by atoms with Gasteiger partial charge in [-0.2, -0.15) is 26.3 Å². The molecular weight excluding hydrogens is 552 g/mol. The number of aromatic nitrogens is 3. The number of carboxylic acids is 2. The van der Waals surface area contributed by atoms with Gasteiger partial charge < -0.3 is 24.8 Å². The van der Waals surface area contributed by atoms with Crippen LogP contribution in [-0.4, -0.2) is 86.1 Å². The number of piperidine rings is 1. The number of imidazole rings is 1. The number of halogens is 6. The predicted octanol–water partition coefficient (Wildman–Crippen LogP) is 2.24. The van der Waals surface area contributed by atoms with Gasteiger partial charge in [-0.1, -0.05) is 0 Å². The molecule has 4 rings (SSSR count). The molecule has 0 aliphatic carbocycles. The van der Waals surface area contributed by atoms with E-state index in [9.17, 15) is 31.1 Å². The molecule has 0 bridgehead atoms. The van der Waals surface area contributed by atoms with Gasteiger partial charge in [0.15, 0.2) is 6.10 Å². The molecule has 1 unspecified atom stereocenters. The van der Waals surface area contributed by atoms with Crippen molar-refractivity contribution in [3.63, 3.8) is 0 Å². The molecule has 1 saturated heterocycles. The molecule has 1 spiro atoms. The highest BCUT2D eigenvalue weighted by molar-refractivity contribution is 7.09. The molecule has 38 heavy (non-hydrogen) atoms. The van der Waals surface area contributed by atoms with Gasteiger partial charge in [-0.3, -0.25) is 9.69 Å². The van der Waals surface area contributed by atoms with Crippen LogP contribution in [0.1, 0.15) is 23.7 Å². The van der Waals surface area contributed by atoms with Gasteiger partial charge in [-0.05, 0) is 12.8 Å². The Morgan fingerprint density at radius 2 is 1.63 bits per heavy atom. The molecule has 4 heterocycles. The van der Waals surface area contributed by atoms with Crippen LogP contribution in [0.2, 0.25) is 0 Å². The molecule has 2 aliphatic heterocycles. The number of carbonyl (C=O) groups is 3. The van der Waals surface area contributed by atoms with Crippen LogP contribution in [-0.2, 0) is 37.8 Å². The normalized spacial score (nSPS) is 18.8. The Bertz CT molecular complexity index is 1060. The topological polar surface area (TPSA) is 147 Å². The van der Waals surface area contributed by atoms with Crippen molar-refractivity contribution in [2.24, 2.45) is 0 Å². The summed E-state index contributed by atoms with van der Waals surface area (Å²) in [6, 6.07) is 0. The number of amides is 1. The first-order chi connectivity index (χ1) is 17.6. The van der Waals surface area contributed by atoms with Crippen molar-refractivity contribution in [3.8, 4) is 0 Å². The summed E-state index contributed by atoms with van der Waals surface area (Å²) < 4.78 is 71.8. The zero-order chi connectivity index (χ0) is 28.7. The maximum Gasteiger partial charge on any atom is 0.490 e. The molecule has 212 valence electrons. The van der Waals surface area contributed by atoms with Crippen molar-refractivity contribution in [2.45, 2.75) is 50.0 Å². The smallest absolute Gasteiger partial charge is 0.475 e. The second kappa shape index (κ2) is 12.5. The third kappa shape index (κ3) is 8.38. The Morgan fingerprint density at radius 1 is 1.08 bits per heavy atom. The number of hydrogen-bond donors (Lipinski definition) is 3. The molecule has 2 aromatic rings. The van der Waals surface area contributed by atoms with Crippen LogP contribution in [0.4, 0.5) is 26.3 Å². The van der Waals surface area contributed by atoms with Crippen LogP contribution in [0.5, 0.6) is 0 Å². The second-order valence-corrected chi connectivity index (χ2v) is 8.91. The number of likely N-dealkylation sites (tertiary alicyclic amines) is 1. The van der Waals surface area contributed by atoms with E-state index in [0.717, 1.165) is 43.3 Å². The number of hydrogen-bond acceptors (Lipinski definition) is 8. The van der Waals surface area contributed by atoms with Crippen LogP contribution >= 0.6 is 11.3 Å². The summed E-state index contributed by atoms with van der Waals surface area (Å²) in [5.74, 6) is -4.63. The third-order valence-corrected chi connectivity index (χ3v) is 6.15. The first-order valence-electron chi connectivity index (χ1n) is 10.7. The van der Waals surface area contributed by atoms with E-state index < -0.39 is 36.0 Å². The first-order valence-corrected chi connectivity index (χ1v) is 11.6. The predicted molar refractivity (Wildman–Crippen MR) is 117 cm³/mol. The van der Waals surface area contributed by atoms with Gasteiger partial charge >= 0.3 is 24.3 Å². The van der Waals surface area contributed by atoms with E-state index in [2.05, 4.69) is 24.8 Å². The Labute approximate surface area is 215 Å². The molecule has 2 aliphatic rings. The van der Waals surface area contributed by atoms with Crippen molar-refractivity contribution >= 4 is 29.2 Å². The lowest BCUT2D eigenvalue weighted by Crippen LogP contribution is -2.53. The van der Waals surface area contributed by atoms with E-state index in [1.165, 1.54) is 0 Å². The molecule has 1 fully saturated rings. The zero-order valence-electron chi connectivity index (χ0n) is 19.6. The Hall–Kier alpha value is -3.25. The summed E-state index contributed by atoms with van der Waals surface area (Å²) >= 11 is 1.69. The first kappa shape index (κ1) is 31.0. The van der Waals surface area contributed by atoms with E-state index >= 15 is 0 Å². The monoisotopic (exact) mass is 575 g/mol. The van der Waals surface area contributed by atoms with Gasteiger partial charge in [0.2, 0.25) is 0 Å². The molecule has 18 heteroatoms. The van der Waals surface area contributed by atoms with Gasteiger partial charge in [0, 0.05) is 44.1 Å². The average molecular weight is 575 g/mol. The van der Waals surface area contributed by atoms with Crippen LogP contribution in [0.15, 0.2) is 24.0 Å². The molecule has 1 amide bonds. The molecule has 11 nitrogen and oxygen atoms in total. The van der Waals surface area contributed by atoms with E-state index in [-0.39, 0.29) is 5.91 Å². The van der Waals surface area contributed by atoms with E-state index in [1.807, 2.05) is 17.8 Å². The maximum atomic E-state index is 12.1. The lowest BCUT2D eigenvalue weighted by molar-refractivity contribution is -0.193. The molecule has 1 atom stereocenters. The van der Waals surface area contributed by atoms with Gasteiger partial charge in [0.25, 0.3) is 5.91 Å². The summed E-state index contributed by atoms with van der Waals surface area (Å²) in [6.45, 7) is 3.22. The summed E-state index contributed by atoms with van der Waals surface area (Å²) in [7, 11) is 1.65. The highest BCUT2D eigenvalue weighted by atomic mass is 32.1. The summed E-state index contributed by atoms with van der Waals surface area (Å²) in [5, 5.41) is 20.1. The van der Waals surface area contributed by atoms with E-state index in [0.29, 0.717) is 6.54 Å². The summed E-state index contributed by atoms with van der Waals surface area (Å²) in [6.07, 6.45) is -3.36. The molecule has 3 N–H and O–H groups in total. The number of carbonyl (C=O) groups excluding carboxylic acids is 1. The van der Waals surface area contributed by atoms with E-state index in [4.69, 9.17) is 24.5 Å². The van der Waals surface area contributed by atoms with E-state index in [1.54, 1.807) is 24.6 Å². The van der Waals surface area contributed by atoms with Crippen molar-refractivity contribution < 1.29 is 55.7 Å². The molecule has 0 saturated carbocycles. The van der Waals surface area contributed by atoms with Gasteiger partial charge in [0.1, 0.15) is 16.4 Å². The lowest BCUT2D eigenvalue weighted by Gasteiger charge is -2.45. The van der Waals surface area contributed by atoms with Crippen LogP contribution in [0.3, 0.4) is 0 Å². The van der Waals surface area contributed by atoms with Gasteiger partial charge in [-0.15, -0.1) is 11.3 Å². The lowest BCUT2D eigenvalue weighted by atomic mass is 9.88. The minimum Gasteiger partial charge on any atom is -0.475 e. The van der Waals surface area contributed by atoms with Gasteiger partial charge in [0.05, 0.1) is 13.1 Å². The Balaban J connectivity index is 0.000000301. The SMILES string of the molecule is CNC(=O)C1Cn2ccnc2C2(CCN(Cc3nccs3)CC2)O1.O=C(O)C(F)(F)F.O=C(O)C(F)(F)F. The van der Waals surface area contributed by atoms with Crippen LogP contribution in [0.25, 0.3) is 0 Å². The minimum atomic E-state index is -5.08. The highest BCUT2D eigenvalue weighted by Gasteiger charge is 2.47. The van der Waals surface area contributed by atoms with Crippen molar-refractivity contribution in [2.75, 3.05) is 20.1 Å². The molecule has 2 aromatic heterocycles. The number of aliphatic carboxylic acids is 2. The quantitative estimate of drug-likeness (QED) is 0.469. The molecule has 0 aromatic carbocycles. The van der Waals surface area contributed by atoms with Crippen LogP contribution < -0.4 is 5.32 Å². The fourth-order valence-corrected chi connectivity index (χ4v) is 4.29. The average Bonchev–Trinajstić information content (AvgIpc) is 3.52. The fourth-order valence-electron chi connectivity index (χ4n) is 3.63. The fraction of sp³-hybridized carbons (Fsp3) is 0.550. The molecule has 0 radical (unpaired) electrons. The number of alkyl halides is 6. The minimum absolute atomic E-state index is 0.0704. The number of carboxylic acid groups (broad SMARTS) is 2. The number of likely N-dealkylation sites (N-methyl/N-ethyl adjacent to an activating group) is 1. The third-order valence-electron chi connectivity index (χ3n) is 5.38. The Kier molecular flexibility index (Phi) is 10.2. The highest BCUT2D eigenvalue weighted by Crippen LogP contribution is 2.40. The van der Waals surface area contributed by atoms with Crippen molar-refractivity contribution in [1.82, 2.24) is 24.8 Å². The summed E-state index contributed by atoms with van der Waals surface area (Å²) in [5.41, 5.74) is -0.460. The largest absolute Gasteiger partial charge is 0.490 e. The Morgan fingerprint density at radius 3 is 2.08 bits per heavy atom.